The Morgan fingerprint density at radius 2 is 2.08 bits per heavy atom. The van der Waals surface area contributed by atoms with Gasteiger partial charge in [0.25, 0.3) is 0 Å². The molecule has 3 heteroatoms. The minimum atomic E-state index is -0.368. The lowest BCUT2D eigenvalue weighted by molar-refractivity contribution is -0.0330. The van der Waals surface area contributed by atoms with Crippen LogP contribution in [0.5, 0.6) is 0 Å². The van der Waals surface area contributed by atoms with Crippen LogP contribution in [-0.4, -0.2) is 36.6 Å². The molecule has 2 saturated heterocycles. The van der Waals surface area contributed by atoms with Crippen LogP contribution < -0.4 is 0 Å². The number of ether oxygens (including phenoxy) is 2. The monoisotopic (exact) mass is 186 g/mol. The maximum Gasteiger partial charge on any atom is 0.0888 e. The Morgan fingerprint density at radius 1 is 1.31 bits per heavy atom. The molecule has 0 aliphatic carbocycles. The largest absolute Gasteiger partial charge is 0.390 e. The second kappa shape index (κ2) is 3.23. The fraction of sp³-hybridized carbons (Fsp3) is 1.00. The lowest BCUT2D eigenvalue weighted by atomic mass is 9.84. The van der Waals surface area contributed by atoms with E-state index < -0.39 is 0 Å². The third kappa shape index (κ3) is 1.60. The Kier molecular flexibility index (Phi) is 2.34. The van der Waals surface area contributed by atoms with E-state index in [9.17, 15) is 5.11 Å². The quantitative estimate of drug-likeness (QED) is 0.658. The van der Waals surface area contributed by atoms with Crippen molar-refractivity contribution < 1.29 is 14.6 Å². The van der Waals surface area contributed by atoms with Crippen molar-refractivity contribution in [1.82, 2.24) is 0 Å². The molecule has 2 aliphatic heterocycles. The molecule has 13 heavy (non-hydrogen) atoms. The van der Waals surface area contributed by atoms with Crippen molar-refractivity contribution in [2.45, 2.75) is 32.0 Å². The molecule has 2 heterocycles. The fourth-order valence-corrected chi connectivity index (χ4v) is 2.29. The summed E-state index contributed by atoms with van der Waals surface area (Å²) in [5.41, 5.74) is -0.368. The fourth-order valence-electron chi connectivity index (χ4n) is 2.29. The summed E-state index contributed by atoms with van der Waals surface area (Å²) in [6.45, 7) is 6.22. The Labute approximate surface area is 79.0 Å². The summed E-state index contributed by atoms with van der Waals surface area (Å²) in [5.74, 6) is 0.772. The van der Waals surface area contributed by atoms with Gasteiger partial charge in [-0.2, -0.15) is 0 Å². The maximum atomic E-state index is 10.00. The average molecular weight is 186 g/mol. The normalized spacial score (nSPS) is 44.1. The van der Waals surface area contributed by atoms with Gasteiger partial charge in [-0.3, -0.25) is 0 Å². The van der Waals surface area contributed by atoms with Gasteiger partial charge in [-0.05, 0) is 26.2 Å². The van der Waals surface area contributed by atoms with Gasteiger partial charge in [0.05, 0.1) is 18.3 Å². The van der Waals surface area contributed by atoms with Crippen molar-refractivity contribution in [1.29, 1.82) is 0 Å². The van der Waals surface area contributed by atoms with Crippen LogP contribution in [0, 0.1) is 11.8 Å². The summed E-state index contributed by atoms with van der Waals surface area (Å²) in [4.78, 5) is 0. The van der Waals surface area contributed by atoms with E-state index in [2.05, 4.69) is 0 Å². The van der Waals surface area contributed by atoms with Gasteiger partial charge in [0.15, 0.2) is 0 Å². The molecule has 0 saturated carbocycles. The van der Waals surface area contributed by atoms with Crippen molar-refractivity contribution in [3.63, 3.8) is 0 Å². The number of hydrogen-bond donors (Lipinski definition) is 1. The third-order valence-corrected chi connectivity index (χ3v) is 3.34. The number of rotatable bonds is 1. The van der Waals surface area contributed by atoms with E-state index in [1.54, 1.807) is 0 Å². The van der Waals surface area contributed by atoms with Gasteiger partial charge in [0.1, 0.15) is 0 Å². The first-order chi connectivity index (χ1) is 6.11. The summed E-state index contributed by atoms with van der Waals surface area (Å²) in [5, 5.41) is 10.00. The van der Waals surface area contributed by atoms with Crippen molar-refractivity contribution in [2.75, 3.05) is 19.8 Å². The lowest BCUT2D eigenvalue weighted by Gasteiger charge is -2.25. The standard InChI is InChI=1S/C10H18O3/c1-10(2)9(11)8(6-13-10)7-3-4-12-5-7/h7-9,11H,3-6H2,1-2H3. The molecule has 0 spiro atoms. The zero-order valence-corrected chi connectivity index (χ0v) is 8.32. The summed E-state index contributed by atoms with van der Waals surface area (Å²) >= 11 is 0. The van der Waals surface area contributed by atoms with E-state index in [1.807, 2.05) is 13.8 Å². The van der Waals surface area contributed by atoms with E-state index in [-0.39, 0.29) is 17.6 Å². The summed E-state index contributed by atoms with van der Waals surface area (Å²) < 4.78 is 10.9. The van der Waals surface area contributed by atoms with Crippen molar-refractivity contribution in [3.05, 3.63) is 0 Å². The molecule has 0 aromatic heterocycles. The zero-order valence-electron chi connectivity index (χ0n) is 8.32. The Balaban J connectivity index is 2.01. The Morgan fingerprint density at radius 3 is 2.54 bits per heavy atom. The molecule has 2 aliphatic rings. The summed E-state index contributed by atoms with van der Waals surface area (Å²) in [6.07, 6.45) is 0.737. The van der Waals surface area contributed by atoms with Gasteiger partial charge in [-0.1, -0.05) is 0 Å². The molecule has 3 atom stereocenters. The lowest BCUT2D eigenvalue weighted by Crippen LogP contribution is -2.37. The molecule has 0 radical (unpaired) electrons. The Bertz CT molecular complexity index is 185. The molecule has 0 aromatic carbocycles. The van der Waals surface area contributed by atoms with Gasteiger partial charge in [-0.15, -0.1) is 0 Å². The van der Waals surface area contributed by atoms with Crippen LogP contribution in [0.25, 0.3) is 0 Å². The first-order valence-electron chi connectivity index (χ1n) is 5.01. The zero-order chi connectivity index (χ0) is 9.47. The highest BCUT2D eigenvalue weighted by molar-refractivity contribution is 4.94. The van der Waals surface area contributed by atoms with Crippen LogP contribution in [0.4, 0.5) is 0 Å². The molecule has 3 nitrogen and oxygen atoms in total. The predicted octanol–water partition coefficient (Wildman–Crippen LogP) is 0.809. The molecule has 2 fully saturated rings. The molecule has 0 amide bonds. The highest BCUT2D eigenvalue weighted by Gasteiger charge is 2.46. The second-order valence-corrected chi connectivity index (χ2v) is 4.65. The molecule has 76 valence electrons. The summed E-state index contributed by atoms with van der Waals surface area (Å²) in [7, 11) is 0. The van der Waals surface area contributed by atoms with Crippen molar-refractivity contribution >= 4 is 0 Å². The molecular formula is C10H18O3. The second-order valence-electron chi connectivity index (χ2n) is 4.65. The molecule has 3 unspecified atom stereocenters. The van der Waals surface area contributed by atoms with E-state index in [0.717, 1.165) is 19.6 Å². The summed E-state index contributed by atoms with van der Waals surface area (Å²) in [6, 6.07) is 0. The predicted molar refractivity (Wildman–Crippen MR) is 48.5 cm³/mol. The van der Waals surface area contributed by atoms with E-state index >= 15 is 0 Å². The smallest absolute Gasteiger partial charge is 0.0888 e. The maximum absolute atomic E-state index is 10.00. The van der Waals surface area contributed by atoms with Crippen molar-refractivity contribution in [2.24, 2.45) is 11.8 Å². The number of aliphatic hydroxyl groups is 1. The Hall–Kier alpha value is -0.120. The van der Waals surface area contributed by atoms with Crippen molar-refractivity contribution in [3.8, 4) is 0 Å². The molecule has 0 aromatic rings. The molecule has 1 N–H and O–H groups in total. The molecule has 0 bridgehead atoms. The highest BCUT2D eigenvalue weighted by Crippen LogP contribution is 2.37. The minimum Gasteiger partial charge on any atom is -0.390 e. The van der Waals surface area contributed by atoms with Crippen LogP contribution in [0.1, 0.15) is 20.3 Å². The third-order valence-electron chi connectivity index (χ3n) is 3.34. The van der Waals surface area contributed by atoms with Crippen LogP contribution in [0.2, 0.25) is 0 Å². The van der Waals surface area contributed by atoms with Gasteiger partial charge in [0.2, 0.25) is 0 Å². The minimum absolute atomic E-state index is 0.275. The van der Waals surface area contributed by atoms with Gasteiger partial charge >= 0.3 is 0 Å². The van der Waals surface area contributed by atoms with E-state index in [4.69, 9.17) is 9.47 Å². The molecular weight excluding hydrogens is 168 g/mol. The SMILES string of the molecule is CC1(C)OCC(C2CCOC2)C1O. The molecule has 2 rings (SSSR count). The van der Waals surface area contributed by atoms with Crippen LogP contribution in [0.3, 0.4) is 0 Å². The first-order valence-corrected chi connectivity index (χ1v) is 5.01. The average Bonchev–Trinajstić information content (AvgIpc) is 2.63. The topological polar surface area (TPSA) is 38.7 Å². The van der Waals surface area contributed by atoms with E-state index in [0.29, 0.717) is 12.5 Å². The van der Waals surface area contributed by atoms with Crippen LogP contribution in [-0.2, 0) is 9.47 Å². The van der Waals surface area contributed by atoms with E-state index in [1.165, 1.54) is 0 Å². The van der Waals surface area contributed by atoms with Gasteiger partial charge in [-0.25, -0.2) is 0 Å². The highest BCUT2D eigenvalue weighted by atomic mass is 16.5. The van der Waals surface area contributed by atoms with Gasteiger partial charge < -0.3 is 14.6 Å². The first kappa shape index (κ1) is 9.44. The number of hydrogen-bond acceptors (Lipinski definition) is 3. The number of aliphatic hydroxyl groups excluding tert-OH is 1. The van der Waals surface area contributed by atoms with Crippen LogP contribution in [0.15, 0.2) is 0 Å². The van der Waals surface area contributed by atoms with Crippen LogP contribution >= 0.6 is 0 Å². The van der Waals surface area contributed by atoms with Gasteiger partial charge in [0, 0.05) is 19.1 Å².